The zero-order valence-corrected chi connectivity index (χ0v) is 6.85. The highest BCUT2D eigenvalue weighted by atomic mass is 16.5. The fourth-order valence-electron chi connectivity index (χ4n) is 0.778. The maximum Gasteiger partial charge on any atom is 0.0695 e. The number of methoxy groups -OCH3 is 1. The van der Waals surface area contributed by atoms with E-state index in [0.29, 0.717) is 6.10 Å². The van der Waals surface area contributed by atoms with Crippen LogP contribution >= 0.6 is 0 Å². The molecule has 0 heterocycles. The highest BCUT2D eigenvalue weighted by Crippen LogP contribution is 1.95. The molecule has 0 aliphatic heterocycles. The van der Waals surface area contributed by atoms with Crippen molar-refractivity contribution in [1.82, 2.24) is 4.90 Å². The number of nitrogens with zero attached hydrogens (tertiary/aromatic N) is 1. The Morgan fingerprint density at radius 2 is 2.00 bits per heavy atom. The van der Waals surface area contributed by atoms with Crippen LogP contribution in [0.15, 0.2) is 0 Å². The van der Waals surface area contributed by atoms with Gasteiger partial charge in [-0.15, -0.1) is 0 Å². The van der Waals surface area contributed by atoms with Gasteiger partial charge in [0.25, 0.3) is 0 Å². The first kappa shape index (κ1) is 8.92. The van der Waals surface area contributed by atoms with Gasteiger partial charge in [-0.1, -0.05) is 6.92 Å². The van der Waals surface area contributed by atoms with Crippen LogP contribution in [-0.4, -0.2) is 38.8 Å². The van der Waals surface area contributed by atoms with Gasteiger partial charge in [0.15, 0.2) is 0 Å². The summed E-state index contributed by atoms with van der Waals surface area (Å²) in [6.45, 7) is 3.16. The predicted octanol–water partition coefficient (Wildman–Crippen LogP) is 0.973. The number of hydrogen-bond acceptors (Lipinski definition) is 2. The number of ether oxygens (including phenoxy) is 1. The maximum atomic E-state index is 5.17. The number of rotatable bonds is 4. The molecule has 2 heteroatoms. The van der Waals surface area contributed by atoms with Gasteiger partial charge in [0.2, 0.25) is 0 Å². The lowest BCUT2D eigenvalue weighted by atomic mass is 10.3. The van der Waals surface area contributed by atoms with Crippen LogP contribution in [0.3, 0.4) is 0 Å². The van der Waals surface area contributed by atoms with Gasteiger partial charge in [-0.2, -0.15) is 0 Å². The van der Waals surface area contributed by atoms with Crippen molar-refractivity contribution in [2.45, 2.75) is 19.4 Å². The molecule has 9 heavy (non-hydrogen) atoms. The zero-order valence-electron chi connectivity index (χ0n) is 6.85. The van der Waals surface area contributed by atoms with Gasteiger partial charge in [-0.3, -0.25) is 0 Å². The van der Waals surface area contributed by atoms with E-state index < -0.39 is 0 Å². The van der Waals surface area contributed by atoms with E-state index in [1.54, 1.807) is 7.11 Å². The SMILES string of the molecule is CCC(CN(C)C)OC. The Hall–Kier alpha value is -0.0800. The summed E-state index contributed by atoms with van der Waals surface area (Å²) < 4.78 is 5.17. The van der Waals surface area contributed by atoms with Crippen molar-refractivity contribution in [2.75, 3.05) is 27.7 Å². The molecule has 0 aliphatic rings. The number of hydrogen-bond donors (Lipinski definition) is 0. The molecule has 0 amide bonds. The molecule has 1 unspecified atom stereocenters. The smallest absolute Gasteiger partial charge is 0.0695 e. The van der Waals surface area contributed by atoms with E-state index in [2.05, 4.69) is 25.9 Å². The van der Waals surface area contributed by atoms with E-state index in [-0.39, 0.29) is 0 Å². The third-order valence-corrected chi connectivity index (χ3v) is 1.36. The van der Waals surface area contributed by atoms with E-state index in [0.717, 1.165) is 13.0 Å². The van der Waals surface area contributed by atoms with Crippen LogP contribution in [0, 0.1) is 0 Å². The molecular weight excluding hydrogens is 114 g/mol. The summed E-state index contributed by atoms with van der Waals surface area (Å²) in [4.78, 5) is 2.14. The highest BCUT2D eigenvalue weighted by molar-refractivity contribution is 4.56. The lowest BCUT2D eigenvalue weighted by molar-refractivity contribution is 0.0757. The fraction of sp³-hybridized carbons (Fsp3) is 1.00. The minimum Gasteiger partial charge on any atom is -0.380 e. The van der Waals surface area contributed by atoms with E-state index in [1.807, 2.05) is 0 Å². The van der Waals surface area contributed by atoms with Crippen molar-refractivity contribution < 1.29 is 4.74 Å². The van der Waals surface area contributed by atoms with Gasteiger partial charge in [0.1, 0.15) is 0 Å². The van der Waals surface area contributed by atoms with Crippen LogP contribution in [0.1, 0.15) is 13.3 Å². The largest absolute Gasteiger partial charge is 0.380 e. The average molecular weight is 131 g/mol. The molecule has 0 aliphatic carbocycles. The normalized spacial score (nSPS) is 14.3. The summed E-state index contributed by atoms with van der Waals surface area (Å²) in [6, 6.07) is 0. The molecule has 0 radical (unpaired) electrons. The molecule has 2 nitrogen and oxygen atoms in total. The molecular formula is C7H17NO. The Morgan fingerprint density at radius 3 is 2.11 bits per heavy atom. The molecule has 0 aromatic rings. The van der Waals surface area contributed by atoms with Crippen molar-refractivity contribution in [3.63, 3.8) is 0 Å². The first-order valence-electron chi connectivity index (χ1n) is 3.38. The van der Waals surface area contributed by atoms with Gasteiger partial charge in [0, 0.05) is 13.7 Å². The molecule has 0 bridgehead atoms. The third kappa shape index (κ3) is 4.43. The topological polar surface area (TPSA) is 12.5 Å². The fourth-order valence-corrected chi connectivity index (χ4v) is 0.778. The summed E-state index contributed by atoms with van der Waals surface area (Å²) in [7, 11) is 5.88. The Bertz CT molecular complexity index is 59.9. The third-order valence-electron chi connectivity index (χ3n) is 1.36. The molecule has 0 saturated heterocycles. The van der Waals surface area contributed by atoms with Crippen molar-refractivity contribution in [3.05, 3.63) is 0 Å². The van der Waals surface area contributed by atoms with E-state index in [9.17, 15) is 0 Å². The predicted molar refractivity (Wildman–Crippen MR) is 39.6 cm³/mol. The summed E-state index contributed by atoms with van der Waals surface area (Å²) in [5, 5.41) is 0. The Labute approximate surface area is 57.8 Å². The monoisotopic (exact) mass is 131 g/mol. The van der Waals surface area contributed by atoms with Crippen molar-refractivity contribution >= 4 is 0 Å². The molecule has 56 valence electrons. The van der Waals surface area contributed by atoms with Crippen LogP contribution in [0.25, 0.3) is 0 Å². The van der Waals surface area contributed by atoms with E-state index in [4.69, 9.17) is 4.74 Å². The van der Waals surface area contributed by atoms with Gasteiger partial charge >= 0.3 is 0 Å². The standard InChI is InChI=1S/C7H17NO/c1-5-7(9-4)6-8(2)3/h7H,5-6H2,1-4H3. The van der Waals surface area contributed by atoms with Crippen LogP contribution in [0.4, 0.5) is 0 Å². The lowest BCUT2D eigenvalue weighted by Gasteiger charge is -2.17. The molecule has 0 rings (SSSR count). The molecule has 0 aromatic carbocycles. The first-order chi connectivity index (χ1) is 4.20. The van der Waals surface area contributed by atoms with Crippen molar-refractivity contribution in [1.29, 1.82) is 0 Å². The number of likely N-dealkylation sites (N-methyl/N-ethyl adjacent to an activating group) is 1. The zero-order chi connectivity index (χ0) is 7.28. The minimum absolute atomic E-state index is 0.403. The second kappa shape index (κ2) is 4.77. The molecule has 1 atom stereocenters. The molecule has 0 spiro atoms. The van der Waals surface area contributed by atoms with Crippen LogP contribution in [-0.2, 0) is 4.74 Å². The average Bonchev–Trinajstić information content (AvgIpc) is 1.82. The second-order valence-corrected chi connectivity index (χ2v) is 2.53. The highest BCUT2D eigenvalue weighted by Gasteiger charge is 2.03. The van der Waals surface area contributed by atoms with Crippen molar-refractivity contribution in [2.24, 2.45) is 0 Å². The van der Waals surface area contributed by atoms with Crippen LogP contribution in [0.2, 0.25) is 0 Å². The lowest BCUT2D eigenvalue weighted by Crippen LogP contribution is -2.26. The Morgan fingerprint density at radius 1 is 1.44 bits per heavy atom. The summed E-state index contributed by atoms with van der Waals surface area (Å²) in [6.07, 6.45) is 1.49. The summed E-state index contributed by atoms with van der Waals surface area (Å²) >= 11 is 0. The van der Waals surface area contributed by atoms with E-state index >= 15 is 0 Å². The van der Waals surface area contributed by atoms with Crippen LogP contribution in [0.5, 0.6) is 0 Å². The Balaban J connectivity index is 3.31. The summed E-state index contributed by atoms with van der Waals surface area (Å²) in [5.74, 6) is 0. The second-order valence-electron chi connectivity index (χ2n) is 2.53. The Kier molecular flexibility index (Phi) is 4.72. The molecule has 0 fully saturated rings. The van der Waals surface area contributed by atoms with Gasteiger partial charge in [-0.25, -0.2) is 0 Å². The summed E-state index contributed by atoms with van der Waals surface area (Å²) in [5.41, 5.74) is 0. The van der Waals surface area contributed by atoms with Gasteiger partial charge < -0.3 is 9.64 Å². The first-order valence-corrected chi connectivity index (χ1v) is 3.38. The van der Waals surface area contributed by atoms with Gasteiger partial charge in [0.05, 0.1) is 6.10 Å². The van der Waals surface area contributed by atoms with Gasteiger partial charge in [-0.05, 0) is 20.5 Å². The quantitative estimate of drug-likeness (QED) is 0.563. The maximum absolute atomic E-state index is 5.17. The minimum atomic E-state index is 0.403. The molecule has 0 N–H and O–H groups in total. The molecule has 0 saturated carbocycles. The van der Waals surface area contributed by atoms with E-state index in [1.165, 1.54) is 0 Å². The molecule has 0 aromatic heterocycles. The van der Waals surface area contributed by atoms with Crippen LogP contribution < -0.4 is 0 Å². The van der Waals surface area contributed by atoms with Crippen molar-refractivity contribution in [3.8, 4) is 0 Å².